The Kier molecular flexibility index (Phi) is 27.3. The number of rotatable bonds is 31. The van der Waals surface area contributed by atoms with Gasteiger partial charge >= 0.3 is 0 Å². The van der Waals surface area contributed by atoms with Gasteiger partial charge in [0.05, 0.1) is 12.1 Å². The molecular formula is C34H69NO4. The molecule has 0 aromatic rings. The van der Waals surface area contributed by atoms with E-state index in [4.69, 9.17) is 5.73 Å². The maximum absolute atomic E-state index is 12.4. The van der Waals surface area contributed by atoms with Crippen molar-refractivity contribution in [3.8, 4) is 0 Å². The predicted molar refractivity (Wildman–Crippen MR) is 167 cm³/mol. The Bertz CT molecular complexity index is 525. The van der Waals surface area contributed by atoms with E-state index in [2.05, 4.69) is 13.8 Å². The molecule has 0 unspecified atom stereocenters. The molecule has 0 aliphatic carbocycles. The van der Waals surface area contributed by atoms with Gasteiger partial charge in [-0.15, -0.1) is 0 Å². The second kappa shape index (κ2) is 27.7. The number of aliphatic hydroxyl groups excluding tert-OH is 1. The maximum Gasteiger partial charge on any atom is 0.242 e. The normalized spacial score (nSPS) is 13.6. The van der Waals surface area contributed by atoms with E-state index in [9.17, 15) is 20.1 Å². The number of hydrogen-bond acceptors (Lipinski definition) is 5. The first-order chi connectivity index (χ1) is 18.9. The molecule has 234 valence electrons. The van der Waals surface area contributed by atoms with Crippen molar-refractivity contribution in [3.05, 3.63) is 0 Å². The standard InChI is InChI=1S/C34H69NO4/c1-3-5-7-9-11-13-15-17-19-21-23-25-27-29-31(36)33(35)34(38,39)32(37)30-28-26-24-22-20-18-16-14-12-10-8-6-4-2/h31,33,36,38-39H,3-30,35H2,1-2H3/t31-,33-/m1/s1. The summed E-state index contributed by atoms with van der Waals surface area (Å²) >= 11 is 0. The molecule has 0 aliphatic heterocycles. The van der Waals surface area contributed by atoms with E-state index in [1.54, 1.807) is 0 Å². The molecule has 0 saturated carbocycles. The summed E-state index contributed by atoms with van der Waals surface area (Å²) in [6.45, 7) is 4.51. The van der Waals surface area contributed by atoms with Crippen LogP contribution in [-0.4, -0.2) is 39.0 Å². The van der Waals surface area contributed by atoms with Crippen LogP contribution >= 0.6 is 0 Å². The Morgan fingerprint density at radius 3 is 1.15 bits per heavy atom. The molecule has 0 radical (unpaired) electrons. The zero-order valence-corrected chi connectivity index (χ0v) is 26.3. The van der Waals surface area contributed by atoms with Crippen LogP contribution in [0.5, 0.6) is 0 Å². The lowest BCUT2D eigenvalue weighted by molar-refractivity contribution is -0.200. The van der Waals surface area contributed by atoms with Crippen LogP contribution in [0.2, 0.25) is 0 Å². The maximum atomic E-state index is 12.4. The van der Waals surface area contributed by atoms with E-state index in [-0.39, 0.29) is 6.42 Å². The van der Waals surface area contributed by atoms with Gasteiger partial charge in [0.1, 0.15) is 0 Å². The molecule has 0 aromatic heterocycles. The average Bonchev–Trinajstić information content (AvgIpc) is 2.93. The Balaban J connectivity index is 3.72. The number of carbonyl (C=O) groups excluding carboxylic acids is 1. The second-order valence-electron chi connectivity index (χ2n) is 12.3. The first-order valence-corrected chi connectivity index (χ1v) is 17.3. The number of Topliss-reactive ketones (excluding diaryl/α,β-unsaturated/α-hetero) is 1. The van der Waals surface area contributed by atoms with Crippen molar-refractivity contribution in [2.75, 3.05) is 0 Å². The molecule has 5 nitrogen and oxygen atoms in total. The third-order valence-electron chi connectivity index (χ3n) is 8.40. The van der Waals surface area contributed by atoms with Crippen molar-refractivity contribution in [2.45, 2.75) is 212 Å². The highest BCUT2D eigenvalue weighted by Gasteiger charge is 2.42. The lowest BCUT2D eigenvalue weighted by Gasteiger charge is -2.30. The lowest BCUT2D eigenvalue weighted by atomic mass is 9.92. The van der Waals surface area contributed by atoms with Crippen LogP contribution in [0.3, 0.4) is 0 Å². The van der Waals surface area contributed by atoms with Crippen molar-refractivity contribution in [3.63, 3.8) is 0 Å². The number of aliphatic hydroxyl groups is 3. The van der Waals surface area contributed by atoms with Crippen LogP contribution in [0.1, 0.15) is 194 Å². The van der Waals surface area contributed by atoms with Crippen molar-refractivity contribution < 1.29 is 20.1 Å². The SMILES string of the molecule is CCCCCCCCCCCCCCCC(=O)C(O)(O)[C@H](N)[C@H](O)CCCCCCCCCCCCCCC. The highest BCUT2D eigenvalue weighted by atomic mass is 16.5. The topological polar surface area (TPSA) is 104 Å². The van der Waals surface area contributed by atoms with Gasteiger partial charge in [-0.25, -0.2) is 0 Å². The summed E-state index contributed by atoms with van der Waals surface area (Å²) in [5.74, 6) is -3.31. The van der Waals surface area contributed by atoms with Crippen molar-refractivity contribution >= 4 is 5.78 Å². The molecule has 0 bridgehead atoms. The quantitative estimate of drug-likeness (QED) is 0.0505. The molecule has 0 aromatic carbocycles. The molecule has 5 N–H and O–H groups in total. The van der Waals surface area contributed by atoms with Gasteiger partial charge in [-0.1, -0.05) is 174 Å². The Hall–Kier alpha value is -0.490. The van der Waals surface area contributed by atoms with Crippen LogP contribution in [-0.2, 0) is 4.79 Å². The highest BCUT2D eigenvalue weighted by Crippen LogP contribution is 2.20. The molecule has 0 rings (SSSR count). The number of ketones is 1. The van der Waals surface area contributed by atoms with Crippen LogP contribution in [0, 0.1) is 0 Å². The third kappa shape index (κ3) is 22.8. The van der Waals surface area contributed by atoms with Crippen molar-refractivity contribution in [1.29, 1.82) is 0 Å². The van der Waals surface area contributed by atoms with Gasteiger partial charge in [0, 0.05) is 6.42 Å². The first-order valence-electron chi connectivity index (χ1n) is 17.3. The summed E-state index contributed by atoms with van der Waals surface area (Å²) in [5, 5.41) is 31.0. The van der Waals surface area contributed by atoms with E-state index in [0.717, 1.165) is 32.1 Å². The smallest absolute Gasteiger partial charge is 0.242 e. The van der Waals surface area contributed by atoms with Crippen LogP contribution in [0.25, 0.3) is 0 Å². The lowest BCUT2D eigenvalue weighted by Crippen LogP contribution is -2.59. The molecule has 0 saturated heterocycles. The minimum absolute atomic E-state index is 0.101. The van der Waals surface area contributed by atoms with Crippen molar-refractivity contribution in [2.24, 2.45) is 5.73 Å². The van der Waals surface area contributed by atoms with E-state index in [1.165, 1.54) is 128 Å². The second-order valence-corrected chi connectivity index (χ2v) is 12.3. The summed E-state index contributed by atoms with van der Waals surface area (Å²) in [6, 6.07) is -1.36. The molecular weight excluding hydrogens is 486 g/mol. The number of hydrogen-bond donors (Lipinski definition) is 4. The summed E-state index contributed by atoms with van der Waals surface area (Å²) in [4.78, 5) is 12.4. The third-order valence-corrected chi connectivity index (χ3v) is 8.40. The van der Waals surface area contributed by atoms with Gasteiger partial charge in [-0.2, -0.15) is 0 Å². The minimum atomic E-state index is -2.65. The number of carbonyl (C=O) groups is 1. The molecule has 0 fully saturated rings. The summed E-state index contributed by atoms with van der Waals surface area (Å²) < 4.78 is 0. The molecule has 0 spiro atoms. The van der Waals surface area contributed by atoms with Gasteiger partial charge in [-0.05, 0) is 12.8 Å². The first kappa shape index (κ1) is 38.5. The van der Waals surface area contributed by atoms with Crippen LogP contribution in [0.15, 0.2) is 0 Å². The Morgan fingerprint density at radius 2 is 0.821 bits per heavy atom. The average molecular weight is 556 g/mol. The molecule has 2 atom stereocenters. The summed E-state index contributed by atoms with van der Waals surface area (Å²) in [6.07, 6.45) is 31.4. The van der Waals surface area contributed by atoms with Crippen LogP contribution < -0.4 is 5.73 Å². The van der Waals surface area contributed by atoms with Gasteiger partial charge in [0.15, 0.2) is 5.78 Å². The predicted octanol–water partition coefficient (Wildman–Crippen LogP) is 8.89. The van der Waals surface area contributed by atoms with Gasteiger partial charge in [0.25, 0.3) is 0 Å². The zero-order valence-electron chi connectivity index (χ0n) is 26.3. The highest BCUT2D eigenvalue weighted by molar-refractivity contribution is 5.86. The molecule has 0 amide bonds. The molecule has 0 heterocycles. The summed E-state index contributed by atoms with van der Waals surface area (Å²) in [5.41, 5.74) is 5.92. The zero-order chi connectivity index (χ0) is 29.0. The van der Waals surface area contributed by atoms with Crippen molar-refractivity contribution in [1.82, 2.24) is 0 Å². The fourth-order valence-corrected chi connectivity index (χ4v) is 5.49. The van der Waals surface area contributed by atoms with Gasteiger partial charge in [-0.3, -0.25) is 4.79 Å². The van der Waals surface area contributed by atoms with E-state index in [1.807, 2.05) is 0 Å². The summed E-state index contributed by atoms with van der Waals surface area (Å²) in [7, 11) is 0. The van der Waals surface area contributed by atoms with E-state index >= 15 is 0 Å². The fraction of sp³-hybridized carbons (Fsp3) is 0.971. The fourth-order valence-electron chi connectivity index (χ4n) is 5.49. The Morgan fingerprint density at radius 1 is 0.538 bits per heavy atom. The largest absolute Gasteiger partial charge is 0.391 e. The monoisotopic (exact) mass is 556 g/mol. The molecule has 0 aliphatic rings. The number of unbranched alkanes of at least 4 members (excludes halogenated alkanes) is 24. The Labute approximate surface area is 243 Å². The number of nitrogens with two attached hydrogens (primary N) is 1. The van der Waals surface area contributed by atoms with E-state index in [0.29, 0.717) is 12.8 Å². The molecule has 5 heteroatoms. The van der Waals surface area contributed by atoms with E-state index < -0.39 is 23.7 Å². The molecule has 39 heavy (non-hydrogen) atoms. The minimum Gasteiger partial charge on any atom is -0.391 e. The van der Waals surface area contributed by atoms with Gasteiger partial charge < -0.3 is 21.1 Å². The van der Waals surface area contributed by atoms with Crippen LogP contribution in [0.4, 0.5) is 0 Å². The van der Waals surface area contributed by atoms with Gasteiger partial charge in [0.2, 0.25) is 5.79 Å².